The van der Waals surface area contributed by atoms with Gasteiger partial charge in [-0.25, -0.2) is 0 Å². The minimum absolute atomic E-state index is 0.000220. The predicted molar refractivity (Wildman–Crippen MR) is 77.5 cm³/mol. The fourth-order valence-corrected chi connectivity index (χ4v) is 2.85. The molecule has 0 bridgehead atoms. The zero-order valence-electron chi connectivity index (χ0n) is 11.0. The largest absolute Gasteiger partial charge is 0.397 e. The van der Waals surface area contributed by atoms with Gasteiger partial charge in [0.25, 0.3) is 5.91 Å². The molecule has 0 aliphatic carbocycles. The van der Waals surface area contributed by atoms with Gasteiger partial charge in [0.05, 0.1) is 23.0 Å². The SMILES string of the molecule is CCC(COC)NC(=O)c1sc2cnccc2c1N. The van der Waals surface area contributed by atoms with Gasteiger partial charge in [-0.15, -0.1) is 11.3 Å². The summed E-state index contributed by atoms with van der Waals surface area (Å²) in [6.45, 7) is 2.50. The lowest BCUT2D eigenvalue weighted by Gasteiger charge is -2.15. The quantitative estimate of drug-likeness (QED) is 0.878. The number of hydrogen-bond acceptors (Lipinski definition) is 5. The smallest absolute Gasteiger partial charge is 0.263 e. The Balaban J connectivity index is 2.24. The Kier molecular flexibility index (Phi) is 4.34. The van der Waals surface area contributed by atoms with E-state index in [0.29, 0.717) is 17.2 Å². The maximum Gasteiger partial charge on any atom is 0.263 e. The molecule has 5 nitrogen and oxygen atoms in total. The van der Waals surface area contributed by atoms with Crippen LogP contribution in [-0.2, 0) is 4.74 Å². The zero-order chi connectivity index (χ0) is 13.8. The Labute approximate surface area is 115 Å². The van der Waals surface area contributed by atoms with Crippen LogP contribution in [0.15, 0.2) is 18.5 Å². The molecular weight excluding hydrogens is 262 g/mol. The molecule has 0 radical (unpaired) electrons. The van der Waals surface area contributed by atoms with Crippen LogP contribution in [0.3, 0.4) is 0 Å². The molecule has 6 heteroatoms. The topological polar surface area (TPSA) is 77.2 Å². The van der Waals surface area contributed by atoms with Crippen LogP contribution in [-0.4, -0.2) is 30.6 Å². The highest BCUT2D eigenvalue weighted by molar-refractivity contribution is 7.21. The monoisotopic (exact) mass is 279 g/mol. The number of carbonyl (C=O) groups excluding carboxylic acids is 1. The fourth-order valence-electron chi connectivity index (χ4n) is 1.85. The van der Waals surface area contributed by atoms with Crippen LogP contribution < -0.4 is 11.1 Å². The molecule has 0 saturated heterocycles. The third-order valence-electron chi connectivity index (χ3n) is 2.93. The predicted octanol–water partition coefficient (Wildman–Crippen LogP) is 2.03. The Morgan fingerprint density at radius 2 is 2.42 bits per heavy atom. The number of hydrogen-bond donors (Lipinski definition) is 2. The average Bonchev–Trinajstić information content (AvgIpc) is 2.76. The second-order valence-electron chi connectivity index (χ2n) is 4.25. The van der Waals surface area contributed by atoms with Crippen molar-refractivity contribution in [3.05, 3.63) is 23.3 Å². The van der Waals surface area contributed by atoms with E-state index in [2.05, 4.69) is 10.3 Å². The number of ether oxygens (including phenoxy) is 1. The highest BCUT2D eigenvalue weighted by Gasteiger charge is 2.18. The average molecular weight is 279 g/mol. The number of anilines is 1. The first kappa shape index (κ1) is 13.8. The number of carbonyl (C=O) groups is 1. The number of pyridine rings is 1. The highest BCUT2D eigenvalue weighted by Crippen LogP contribution is 2.32. The molecule has 2 aromatic heterocycles. The van der Waals surface area contributed by atoms with E-state index < -0.39 is 0 Å². The van der Waals surface area contributed by atoms with Crippen LogP contribution in [0.1, 0.15) is 23.0 Å². The number of thiophene rings is 1. The Morgan fingerprint density at radius 1 is 1.63 bits per heavy atom. The van der Waals surface area contributed by atoms with Gasteiger partial charge in [0.15, 0.2) is 0 Å². The van der Waals surface area contributed by atoms with Crippen molar-refractivity contribution in [1.29, 1.82) is 0 Å². The Hall–Kier alpha value is -1.66. The van der Waals surface area contributed by atoms with Crippen molar-refractivity contribution >= 4 is 33.0 Å². The van der Waals surface area contributed by atoms with Crippen LogP contribution in [0.4, 0.5) is 5.69 Å². The van der Waals surface area contributed by atoms with E-state index in [4.69, 9.17) is 10.5 Å². The van der Waals surface area contributed by atoms with Crippen LogP contribution >= 0.6 is 11.3 Å². The highest BCUT2D eigenvalue weighted by atomic mass is 32.1. The van der Waals surface area contributed by atoms with Crippen molar-refractivity contribution in [3.8, 4) is 0 Å². The summed E-state index contributed by atoms with van der Waals surface area (Å²) in [5.74, 6) is -0.150. The lowest BCUT2D eigenvalue weighted by Crippen LogP contribution is -2.37. The molecule has 0 fully saturated rings. The summed E-state index contributed by atoms with van der Waals surface area (Å²) in [4.78, 5) is 16.8. The molecule has 3 N–H and O–H groups in total. The van der Waals surface area contributed by atoms with Gasteiger partial charge >= 0.3 is 0 Å². The summed E-state index contributed by atoms with van der Waals surface area (Å²) in [5, 5.41) is 3.81. The summed E-state index contributed by atoms with van der Waals surface area (Å²) >= 11 is 1.36. The van der Waals surface area contributed by atoms with Crippen molar-refractivity contribution < 1.29 is 9.53 Å². The molecule has 1 amide bonds. The van der Waals surface area contributed by atoms with Crippen molar-refractivity contribution in [2.45, 2.75) is 19.4 Å². The molecule has 0 aliphatic heterocycles. The van der Waals surface area contributed by atoms with Gasteiger partial charge in [-0.1, -0.05) is 6.92 Å². The maximum atomic E-state index is 12.2. The second kappa shape index (κ2) is 5.99. The van der Waals surface area contributed by atoms with E-state index in [-0.39, 0.29) is 11.9 Å². The second-order valence-corrected chi connectivity index (χ2v) is 5.30. The van der Waals surface area contributed by atoms with Crippen LogP contribution in [0.25, 0.3) is 10.1 Å². The number of nitrogens with two attached hydrogens (primary N) is 1. The molecule has 19 heavy (non-hydrogen) atoms. The number of aromatic nitrogens is 1. The lowest BCUT2D eigenvalue weighted by atomic mass is 10.2. The molecule has 1 unspecified atom stereocenters. The number of nitrogens with zero attached hydrogens (tertiary/aromatic N) is 1. The third-order valence-corrected chi connectivity index (χ3v) is 4.09. The van der Waals surface area contributed by atoms with Crippen molar-refractivity contribution in [1.82, 2.24) is 10.3 Å². The van der Waals surface area contributed by atoms with E-state index in [1.54, 1.807) is 19.5 Å². The van der Waals surface area contributed by atoms with Crippen molar-refractivity contribution in [2.75, 3.05) is 19.5 Å². The van der Waals surface area contributed by atoms with Gasteiger partial charge in [-0.3, -0.25) is 9.78 Å². The molecule has 2 aromatic rings. The third kappa shape index (κ3) is 2.85. The summed E-state index contributed by atoms with van der Waals surface area (Å²) in [6, 6.07) is 1.82. The molecule has 0 saturated carbocycles. The molecule has 0 aliphatic rings. The Morgan fingerprint density at radius 3 is 3.05 bits per heavy atom. The number of amides is 1. The number of rotatable bonds is 5. The minimum Gasteiger partial charge on any atom is -0.397 e. The first-order valence-corrected chi connectivity index (χ1v) is 6.90. The number of fused-ring (bicyclic) bond motifs is 1. The Bertz CT molecular complexity index is 582. The molecule has 102 valence electrons. The van der Waals surface area contributed by atoms with Crippen LogP contribution in [0.5, 0.6) is 0 Å². The molecule has 0 spiro atoms. The summed E-state index contributed by atoms with van der Waals surface area (Å²) in [5.41, 5.74) is 6.54. The number of nitrogens with one attached hydrogen (secondary N) is 1. The van der Waals surface area contributed by atoms with E-state index in [1.165, 1.54) is 11.3 Å². The van der Waals surface area contributed by atoms with Crippen molar-refractivity contribution in [3.63, 3.8) is 0 Å². The normalized spacial score (nSPS) is 12.5. The van der Waals surface area contributed by atoms with Gasteiger partial charge in [0, 0.05) is 24.9 Å². The molecule has 1 atom stereocenters. The lowest BCUT2D eigenvalue weighted by molar-refractivity contribution is 0.0899. The standard InChI is InChI=1S/C13H17N3O2S/c1-3-8(7-18-2)16-13(17)12-11(14)9-4-5-15-6-10(9)19-12/h4-6,8H,3,7,14H2,1-2H3,(H,16,17). The van der Waals surface area contributed by atoms with E-state index in [0.717, 1.165) is 16.5 Å². The summed E-state index contributed by atoms with van der Waals surface area (Å²) in [6.07, 6.45) is 4.21. The van der Waals surface area contributed by atoms with Gasteiger partial charge < -0.3 is 15.8 Å². The zero-order valence-corrected chi connectivity index (χ0v) is 11.8. The molecule has 0 aromatic carbocycles. The van der Waals surface area contributed by atoms with Crippen LogP contribution in [0.2, 0.25) is 0 Å². The van der Waals surface area contributed by atoms with Crippen molar-refractivity contribution in [2.24, 2.45) is 0 Å². The van der Waals surface area contributed by atoms with Gasteiger partial charge in [0.1, 0.15) is 4.88 Å². The van der Waals surface area contributed by atoms with Gasteiger partial charge in [0.2, 0.25) is 0 Å². The number of nitrogen functional groups attached to an aromatic ring is 1. The van der Waals surface area contributed by atoms with Crippen LogP contribution in [0, 0.1) is 0 Å². The van der Waals surface area contributed by atoms with E-state index in [9.17, 15) is 4.79 Å². The summed E-state index contributed by atoms with van der Waals surface area (Å²) in [7, 11) is 1.62. The van der Waals surface area contributed by atoms with E-state index in [1.807, 2.05) is 13.0 Å². The molecule has 2 rings (SSSR count). The molecular formula is C13H17N3O2S. The summed E-state index contributed by atoms with van der Waals surface area (Å²) < 4.78 is 5.99. The molecule has 2 heterocycles. The van der Waals surface area contributed by atoms with Gasteiger partial charge in [-0.2, -0.15) is 0 Å². The van der Waals surface area contributed by atoms with E-state index >= 15 is 0 Å². The first-order valence-electron chi connectivity index (χ1n) is 6.09. The maximum absolute atomic E-state index is 12.2. The van der Waals surface area contributed by atoms with Gasteiger partial charge in [-0.05, 0) is 12.5 Å². The number of methoxy groups -OCH3 is 1. The first-order chi connectivity index (χ1) is 9.17. The minimum atomic E-state index is -0.150. The fraction of sp³-hybridized carbons (Fsp3) is 0.385.